The van der Waals surface area contributed by atoms with E-state index in [0.717, 1.165) is 62.3 Å². The monoisotopic (exact) mass is 2130 g/mol. The minimum atomic E-state index is -3.84. The topological polar surface area (TPSA) is 347 Å². The molecule has 2 amide bonds. The van der Waals surface area contributed by atoms with Crippen LogP contribution in [0.3, 0.4) is 0 Å². The van der Waals surface area contributed by atoms with E-state index < -0.39 is 253 Å². The van der Waals surface area contributed by atoms with Crippen molar-refractivity contribution in [2.75, 3.05) is 46.2 Å². The summed E-state index contributed by atoms with van der Waals surface area (Å²) in [6.45, 7) is 27.5. The molecular formula is C103H128Cl6N2O26Si4. The number of aliphatic hydroxyl groups is 4. The SMILES string of the molecule is C=CCO[C@@H]1O[C@H](CO[Si](c2ccccc2)(c2ccccc2)C(C)(C)C)[C@@H](O[C@@H]2O[C@H](CO[Si](c3ccccc3)(c3ccccc3)C(C)(C)C)[C@H](OC(C)=O)[C@H](O[C@@H]3O[C@H](CO[Si](c4ccccc4)(c4ccccc4)C(C)(C)C)[C@@H](O[C@@H]4O[C@H](CO[Si](c5ccccc5)(c5ccccc5)C(C)(C)C)[C@H](O)[C@H](O)[C@H]4O)[C@H](O)[C@H]3NC(=O)OCC(Cl)(Cl)Cl)[C@H]2OC(C)=O)[C@H](OC(C)=O)[C@H]1NC(=O)OCC(Cl)(Cl)Cl. The van der Waals surface area contributed by atoms with Crippen molar-refractivity contribution in [3.63, 3.8) is 0 Å². The number of nitrogens with one attached hydrogen (secondary N) is 2. The van der Waals surface area contributed by atoms with Gasteiger partial charge in [0.2, 0.25) is 7.59 Å². The molecule has 4 saturated heterocycles. The number of alkyl carbamates (subject to hydrolysis) is 2. The summed E-state index contributed by atoms with van der Waals surface area (Å²) in [6, 6.07) is 72.6. The zero-order valence-electron chi connectivity index (χ0n) is 81.4. The van der Waals surface area contributed by atoms with Crippen molar-refractivity contribution in [1.29, 1.82) is 0 Å². The normalized spacial score (nSPS) is 25.7. The van der Waals surface area contributed by atoms with Crippen LogP contribution in [-0.2, 0) is 93.7 Å². The van der Waals surface area contributed by atoms with Crippen LogP contribution in [0, 0.1) is 0 Å². The molecule has 8 aromatic carbocycles. The average molecular weight is 2140 g/mol. The number of carbonyl (C=O) groups excluding carboxylic acids is 5. The van der Waals surface area contributed by atoms with Crippen LogP contribution < -0.4 is 52.1 Å². The van der Waals surface area contributed by atoms with E-state index in [4.69, 9.17) is 149 Å². The summed E-state index contributed by atoms with van der Waals surface area (Å²) in [7, 11) is -14.9. The molecule has 28 nitrogen and oxygen atoms in total. The second kappa shape index (κ2) is 47.9. The molecule has 8 aromatic rings. The van der Waals surface area contributed by atoms with E-state index in [1.165, 1.54) is 6.08 Å². The molecule has 12 rings (SSSR count). The van der Waals surface area contributed by atoms with Crippen LogP contribution in [0.15, 0.2) is 255 Å². The third kappa shape index (κ3) is 26.3. The molecule has 38 heteroatoms. The number of amides is 2. The highest BCUT2D eigenvalue weighted by Crippen LogP contribution is 2.46. The molecule has 0 unspecified atom stereocenters. The minimum Gasteiger partial charge on any atom is -0.457 e. The van der Waals surface area contributed by atoms with E-state index in [1.807, 2.05) is 326 Å². The third-order valence-electron chi connectivity index (χ3n) is 25.6. The quantitative estimate of drug-likeness (QED) is 0.00698. The molecule has 141 heavy (non-hydrogen) atoms. The van der Waals surface area contributed by atoms with Gasteiger partial charge in [-0.05, 0) is 61.6 Å². The number of carbonyl (C=O) groups is 5. The fraction of sp³-hybridized carbons (Fsp3) is 0.466. The molecule has 0 spiro atoms. The Morgan fingerprint density at radius 3 is 0.915 bits per heavy atom. The number of benzene rings is 8. The van der Waals surface area contributed by atoms with Crippen LogP contribution in [0.5, 0.6) is 0 Å². The first-order valence-electron chi connectivity index (χ1n) is 46.6. The Bertz CT molecular complexity index is 5200. The summed E-state index contributed by atoms with van der Waals surface area (Å²) in [5, 5.41) is 60.3. The maximum absolute atomic E-state index is 15.1. The molecule has 764 valence electrons. The first-order valence-corrected chi connectivity index (χ1v) is 56.5. The Labute approximate surface area is 858 Å². The van der Waals surface area contributed by atoms with E-state index in [1.54, 1.807) is 0 Å². The van der Waals surface area contributed by atoms with Gasteiger partial charge in [-0.3, -0.25) is 14.4 Å². The van der Waals surface area contributed by atoms with Gasteiger partial charge in [-0.25, -0.2) is 9.59 Å². The van der Waals surface area contributed by atoms with Crippen molar-refractivity contribution in [2.24, 2.45) is 0 Å². The second-order valence-corrected chi connectivity index (χ2v) is 61.7. The molecule has 0 bridgehead atoms. The Hall–Kier alpha value is -7.58. The molecule has 4 aliphatic rings. The van der Waals surface area contributed by atoms with Gasteiger partial charge in [0.05, 0.1) is 33.0 Å². The van der Waals surface area contributed by atoms with E-state index >= 15 is 4.79 Å². The summed E-state index contributed by atoms with van der Waals surface area (Å²) >= 11 is 37.6. The molecule has 4 heterocycles. The number of esters is 3. The maximum atomic E-state index is 15.1. The molecular weight excluding hydrogens is 2010 g/mol. The molecule has 20 atom stereocenters. The highest BCUT2D eigenvalue weighted by molar-refractivity contribution is 7.01. The number of ether oxygens (including phenoxy) is 13. The van der Waals surface area contributed by atoms with Gasteiger partial charge in [0.1, 0.15) is 92.4 Å². The number of aliphatic hydroxyl groups excluding tert-OH is 4. The fourth-order valence-electron chi connectivity index (χ4n) is 19.6. The molecule has 0 saturated carbocycles. The maximum Gasteiger partial charge on any atom is 0.407 e. The van der Waals surface area contributed by atoms with Gasteiger partial charge in [0.15, 0.2) is 43.5 Å². The van der Waals surface area contributed by atoms with Crippen molar-refractivity contribution in [3.8, 4) is 0 Å². The first kappa shape index (κ1) is 112. The predicted octanol–water partition coefficient (Wildman–Crippen LogP) is 11.7. The van der Waals surface area contributed by atoms with Gasteiger partial charge in [-0.2, -0.15) is 0 Å². The number of hydrogen-bond acceptors (Lipinski definition) is 26. The van der Waals surface area contributed by atoms with Crippen LogP contribution >= 0.6 is 69.6 Å². The molecule has 4 aliphatic heterocycles. The van der Waals surface area contributed by atoms with Gasteiger partial charge in [-0.1, -0.05) is 401 Å². The largest absolute Gasteiger partial charge is 0.457 e. The van der Waals surface area contributed by atoms with E-state index in [-0.39, 0.29) is 6.61 Å². The van der Waals surface area contributed by atoms with Crippen LogP contribution in [0.4, 0.5) is 9.59 Å². The zero-order valence-corrected chi connectivity index (χ0v) is 89.9. The van der Waals surface area contributed by atoms with Crippen molar-refractivity contribution in [3.05, 3.63) is 255 Å². The van der Waals surface area contributed by atoms with Gasteiger partial charge in [-0.15, -0.1) is 6.58 Å². The highest BCUT2D eigenvalue weighted by Gasteiger charge is 2.64. The summed E-state index contributed by atoms with van der Waals surface area (Å²) < 4.78 is 115. The smallest absolute Gasteiger partial charge is 0.407 e. The number of alkyl halides is 6. The lowest BCUT2D eigenvalue weighted by Gasteiger charge is -2.52. The van der Waals surface area contributed by atoms with Crippen LogP contribution in [0.2, 0.25) is 20.2 Å². The third-order valence-corrected chi connectivity index (χ3v) is 46.2. The zero-order chi connectivity index (χ0) is 102. The van der Waals surface area contributed by atoms with E-state index in [9.17, 15) is 39.6 Å². The summed E-state index contributed by atoms with van der Waals surface area (Å²) in [4.78, 5) is 73.8. The van der Waals surface area contributed by atoms with Gasteiger partial charge in [0, 0.05) is 20.8 Å². The van der Waals surface area contributed by atoms with E-state index in [2.05, 4.69) is 17.2 Å². The minimum absolute atomic E-state index is 0.266. The number of halogens is 6. The lowest BCUT2D eigenvalue weighted by molar-refractivity contribution is -0.377. The lowest BCUT2D eigenvalue weighted by atomic mass is 9.94. The van der Waals surface area contributed by atoms with Gasteiger partial charge >= 0.3 is 30.1 Å². The van der Waals surface area contributed by atoms with E-state index in [0.29, 0.717) is 0 Å². The molecule has 0 aromatic heterocycles. The Balaban J connectivity index is 1.08. The van der Waals surface area contributed by atoms with Crippen LogP contribution in [0.25, 0.3) is 0 Å². The summed E-state index contributed by atoms with van der Waals surface area (Å²) in [6.07, 6.45) is -36.1. The second-order valence-electron chi connectivity index (χ2n) is 39.4. The molecule has 0 aliphatic carbocycles. The highest BCUT2D eigenvalue weighted by atomic mass is 35.6. The summed E-state index contributed by atoms with van der Waals surface area (Å²) in [5.74, 6) is -3.02. The first-order chi connectivity index (χ1) is 66.6. The number of hydrogen-bond donors (Lipinski definition) is 6. The van der Waals surface area contributed by atoms with Crippen LogP contribution in [0.1, 0.15) is 104 Å². The Morgan fingerprint density at radius 2 is 0.596 bits per heavy atom. The van der Waals surface area contributed by atoms with Gasteiger partial charge < -0.3 is 110 Å². The molecule has 4 fully saturated rings. The van der Waals surface area contributed by atoms with Crippen molar-refractivity contribution >= 4 is 174 Å². The number of rotatable bonds is 36. The molecule has 0 radical (unpaired) electrons. The Kier molecular flexibility index (Phi) is 38.1. The lowest BCUT2D eigenvalue weighted by Crippen LogP contribution is -2.72. The Morgan fingerprint density at radius 1 is 0.326 bits per heavy atom. The van der Waals surface area contributed by atoms with Crippen molar-refractivity contribution in [1.82, 2.24) is 10.6 Å². The van der Waals surface area contributed by atoms with Gasteiger partial charge in [0.25, 0.3) is 33.3 Å². The van der Waals surface area contributed by atoms with Crippen molar-refractivity contribution < 1.29 is 124 Å². The predicted molar refractivity (Wildman–Crippen MR) is 548 cm³/mol. The molecule has 6 N–H and O–H groups in total. The average Bonchev–Trinajstić information content (AvgIpc) is 0.748. The fourth-order valence-corrected chi connectivity index (χ4v) is 38.2. The van der Waals surface area contributed by atoms with Crippen LogP contribution in [-0.4, -0.2) is 260 Å². The van der Waals surface area contributed by atoms with Crippen molar-refractivity contribution in [2.45, 2.75) is 254 Å². The standard InChI is InChI=1S/C103H128Cl6N2O26Si4/c1-17-58-121-92-81(111-97(120)123-64-103(107,108)109)89(129-66(3)113)87(78(132-92)61-126-140(100(11,12)13,72-50-34-22-35-51-72)73-52-36-23-37-53-73)136-95-91(130-67(4)114)90(88(128-65(2)112)79(134-95)62-127-141(101(14,15)16,74-54-38-24-39-55-74)75-56-40-25-41-57-75)137-93-80(110-96(119)122-63-102(104,105)106)83(116)86(77(133-93)60-125-139(99(8,9)10,70-46-30-20-31-47-70)71-48-32-21-33-49-71)135-94-85(118)84(117)82(115)76(131-94)59-124-138(98(5,6)7,68-42-26-18-27-43-68)69-44-28-19-29-45-69/h17-57,76-95,115-118H,1,58-64H2,2-16H3,(H,110,119)(H,111,120)/t76-,77-,78-,79-,80-,81-,82+,83-,84+,85-,86-,87-,88+,89-,90+,91-,92-,93+,94+,95+/m1/s1. The summed E-state index contributed by atoms with van der Waals surface area (Å²) in [5.41, 5.74) is 0.